The van der Waals surface area contributed by atoms with E-state index >= 15 is 0 Å². The molecule has 31 heavy (non-hydrogen) atoms. The predicted octanol–water partition coefficient (Wildman–Crippen LogP) is 3.52. The van der Waals surface area contributed by atoms with Crippen LogP contribution in [0.3, 0.4) is 0 Å². The number of ether oxygens (including phenoxy) is 2. The molecule has 0 spiro atoms. The Morgan fingerprint density at radius 1 is 1.10 bits per heavy atom. The third-order valence-corrected chi connectivity index (χ3v) is 6.99. The van der Waals surface area contributed by atoms with Crippen molar-refractivity contribution >= 4 is 32.4 Å². The number of sulfonamides is 1. The number of thiazole rings is 1. The monoisotopic (exact) mass is 459 g/mol. The van der Waals surface area contributed by atoms with E-state index in [0.717, 1.165) is 18.4 Å². The molecule has 0 atom stereocenters. The Labute approximate surface area is 184 Å². The average Bonchev–Trinajstić information content (AvgIpc) is 3.46. The van der Waals surface area contributed by atoms with E-state index in [0.29, 0.717) is 22.3 Å². The van der Waals surface area contributed by atoms with Crippen molar-refractivity contribution in [2.24, 2.45) is 0 Å². The van der Waals surface area contributed by atoms with Crippen LogP contribution in [0.5, 0.6) is 11.5 Å². The number of benzene rings is 2. The minimum Gasteiger partial charge on any atom is -0.493 e. The van der Waals surface area contributed by atoms with E-state index in [1.807, 2.05) is 11.4 Å². The minimum absolute atomic E-state index is 0.00667. The third-order valence-electron chi connectivity index (χ3n) is 4.71. The Morgan fingerprint density at radius 3 is 2.58 bits per heavy atom. The first kappa shape index (κ1) is 21.3. The van der Waals surface area contributed by atoms with Gasteiger partial charge in [-0.2, -0.15) is 0 Å². The van der Waals surface area contributed by atoms with Crippen molar-refractivity contribution in [3.05, 3.63) is 53.4 Å². The first-order valence-corrected chi connectivity index (χ1v) is 11.9. The maximum Gasteiger partial charge on any atom is 0.257 e. The standard InChI is InChI=1S/C21H21N3O5S2/c1-28-18-9-6-13(11-19(18)29-2)17-12-30-21(22-17)23-20(25)14-4-3-5-16(10-14)31(26,27)24-15-7-8-15/h3-6,9-12,15,24H,7-8H2,1-2H3,(H,22,23,25). The summed E-state index contributed by atoms with van der Waals surface area (Å²) < 4.78 is 38.0. The number of rotatable bonds is 8. The summed E-state index contributed by atoms with van der Waals surface area (Å²) in [5.41, 5.74) is 1.72. The Balaban J connectivity index is 1.50. The highest BCUT2D eigenvalue weighted by molar-refractivity contribution is 7.89. The Morgan fingerprint density at radius 2 is 1.87 bits per heavy atom. The zero-order chi connectivity index (χ0) is 22.0. The summed E-state index contributed by atoms with van der Waals surface area (Å²) in [4.78, 5) is 17.2. The molecule has 0 radical (unpaired) electrons. The lowest BCUT2D eigenvalue weighted by atomic mass is 10.1. The molecule has 2 aromatic carbocycles. The molecular formula is C21H21N3O5S2. The van der Waals surface area contributed by atoms with E-state index in [1.54, 1.807) is 38.5 Å². The van der Waals surface area contributed by atoms with Gasteiger partial charge in [0.1, 0.15) is 0 Å². The molecule has 10 heteroatoms. The van der Waals surface area contributed by atoms with E-state index in [1.165, 1.54) is 23.5 Å². The van der Waals surface area contributed by atoms with Crippen molar-refractivity contribution in [2.45, 2.75) is 23.8 Å². The summed E-state index contributed by atoms with van der Waals surface area (Å²) in [6.07, 6.45) is 1.68. The highest BCUT2D eigenvalue weighted by Crippen LogP contribution is 2.33. The number of nitrogens with one attached hydrogen (secondary N) is 2. The van der Waals surface area contributed by atoms with Crippen molar-refractivity contribution in [3.63, 3.8) is 0 Å². The molecule has 3 aromatic rings. The lowest BCUT2D eigenvalue weighted by Gasteiger charge is -2.08. The van der Waals surface area contributed by atoms with Crippen LogP contribution in [0, 0.1) is 0 Å². The van der Waals surface area contributed by atoms with Gasteiger partial charge in [-0.25, -0.2) is 18.1 Å². The Hall–Kier alpha value is -2.95. The lowest BCUT2D eigenvalue weighted by molar-refractivity contribution is 0.102. The van der Waals surface area contributed by atoms with Gasteiger partial charge in [-0.15, -0.1) is 11.3 Å². The number of amides is 1. The van der Waals surface area contributed by atoms with Crippen LogP contribution in [0.25, 0.3) is 11.3 Å². The number of nitrogens with zero attached hydrogens (tertiary/aromatic N) is 1. The number of hydrogen-bond donors (Lipinski definition) is 2. The fraction of sp³-hybridized carbons (Fsp3) is 0.238. The summed E-state index contributed by atoms with van der Waals surface area (Å²) in [7, 11) is -0.511. The second kappa shape index (κ2) is 8.66. The van der Waals surface area contributed by atoms with Gasteiger partial charge in [-0.1, -0.05) is 6.07 Å². The van der Waals surface area contributed by atoms with Crippen LogP contribution >= 0.6 is 11.3 Å². The zero-order valence-corrected chi connectivity index (χ0v) is 18.5. The summed E-state index contributed by atoms with van der Waals surface area (Å²) in [6, 6.07) is 11.4. The molecule has 0 unspecified atom stereocenters. The lowest BCUT2D eigenvalue weighted by Crippen LogP contribution is -2.26. The topological polar surface area (TPSA) is 107 Å². The van der Waals surface area contributed by atoms with Gasteiger partial charge >= 0.3 is 0 Å². The van der Waals surface area contributed by atoms with Crippen LogP contribution in [0.2, 0.25) is 0 Å². The van der Waals surface area contributed by atoms with Gasteiger partial charge in [-0.3, -0.25) is 10.1 Å². The van der Waals surface area contributed by atoms with Crippen LogP contribution in [0.1, 0.15) is 23.2 Å². The molecule has 1 heterocycles. The van der Waals surface area contributed by atoms with E-state index in [2.05, 4.69) is 15.0 Å². The second-order valence-corrected chi connectivity index (χ2v) is 9.56. The number of methoxy groups -OCH3 is 2. The minimum atomic E-state index is -3.64. The van der Waals surface area contributed by atoms with Crippen molar-refractivity contribution < 1.29 is 22.7 Å². The largest absolute Gasteiger partial charge is 0.493 e. The predicted molar refractivity (Wildman–Crippen MR) is 118 cm³/mol. The van der Waals surface area contributed by atoms with Crippen molar-refractivity contribution in [2.75, 3.05) is 19.5 Å². The van der Waals surface area contributed by atoms with Crippen LogP contribution < -0.4 is 19.5 Å². The fourth-order valence-electron chi connectivity index (χ4n) is 2.92. The van der Waals surface area contributed by atoms with Crippen LogP contribution in [-0.2, 0) is 10.0 Å². The molecule has 0 aliphatic heterocycles. The van der Waals surface area contributed by atoms with Crippen LogP contribution in [0.15, 0.2) is 52.7 Å². The maximum atomic E-state index is 12.7. The highest BCUT2D eigenvalue weighted by atomic mass is 32.2. The molecule has 1 fully saturated rings. The Bertz CT molecular complexity index is 1220. The van der Waals surface area contributed by atoms with Gasteiger partial charge in [-0.05, 0) is 49.2 Å². The van der Waals surface area contributed by atoms with Crippen molar-refractivity contribution in [1.82, 2.24) is 9.71 Å². The molecule has 1 amide bonds. The number of aromatic nitrogens is 1. The van der Waals surface area contributed by atoms with Gasteiger partial charge in [0.25, 0.3) is 5.91 Å². The molecule has 4 rings (SSSR count). The number of anilines is 1. The van der Waals surface area contributed by atoms with Gasteiger partial charge in [0.15, 0.2) is 16.6 Å². The van der Waals surface area contributed by atoms with E-state index in [-0.39, 0.29) is 16.5 Å². The molecule has 162 valence electrons. The van der Waals surface area contributed by atoms with E-state index < -0.39 is 15.9 Å². The average molecular weight is 460 g/mol. The zero-order valence-electron chi connectivity index (χ0n) is 16.9. The molecule has 1 aromatic heterocycles. The number of carbonyl (C=O) groups is 1. The van der Waals surface area contributed by atoms with E-state index in [9.17, 15) is 13.2 Å². The van der Waals surface area contributed by atoms with E-state index in [4.69, 9.17) is 9.47 Å². The van der Waals surface area contributed by atoms with Gasteiger partial charge in [0.05, 0.1) is 24.8 Å². The SMILES string of the molecule is COc1ccc(-c2csc(NC(=O)c3cccc(S(=O)(=O)NC4CC4)c3)n2)cc1OC. The second-order valence-electron chi connectivity index (χ2n) is 6.99. The smallest absolute Gasteiger partial charge is 0.257 e. The molecule has 2 N–H and O–H groups in total. The molecule has 1 aliphatic carbocycles. The van der Waals surface area contributed by atoms with Crippen LogP contribution in [0.4, 0.5) is 5.13 Å². The highest BCUT2D eigenvalue weighted by Gasteiger charge is 2.28. The maximum absolute atomic E-state index is 12.7. The van der Waals surface area contributed by atoms with Crippen molar-refractivity contribution in [1.29, 1.82) is 0 Å². The molecule has 8 nitrogen and oxygen atoms in total. The quantitative estimate of drug-likeness (QED) is 0.534. The summed E-state index contributed by atoms with van der Waals surface area (Å²) in [5.74, 6) is 0.758. The molecular weight excluding hydrogens is 438 g/mol. The third kappa shape index (κ3) is 4.87. The summed E-state index contributed by atoms with van der Waals surface area (Å²) >= 11 is 1.27. The summed E-state index contributed by atoms with van der Waals surface area (Å²) in [5, 5.41) is 4.95. The molecule has 0 saturated heterocycles. The molecule has 0 bridgehead atoms. The Kier molecular flexibility index (Phi) is 5.94. The molecule has 1 aliphatic rings. The van der Waals surface area contributed by atoms with Gasteiger partial charge < -0.3 is 9.47 Å². The normalized spacial score (nSPS) is 13.6. The van der Waals surface area contributed by atoms with Gasteiger partial charge in [0.2, 0.25) is 10.0 Å². The number of carbonyl (C=O) groups excluding carboxylic acids is 1. The first-order chi connectivity index (χ1) is 14.9. The van der Waals surface area contributed by atoms with Gasteiger partial charge in [0, 0.05) is 22.5 Å². The molecule has 1 saturated carbocycles. The van der Waals surface area contributed by atoms with Crippen molar-refractivity contribution in [3.8, 4) is 22.8 Å². The summed E-state index contributed by atoms with van der Waals surface area (Å²) in [6.45, 7) is 0. The fourth-order valence-corrected chi connectivity index (χ4v) is 4.99. The number of hydrogen-bond acceptors (Lipinski definition) is 7. The first-order valence-electron chi connectivity index (χ1n) is 9.51. The van der Waals surface area contributed by atoms with Crippen LogP contribution in [-0.4, -0.2) is 39.6 Å².